The van der Waals surface area contributed by atoms with E-state index in [2.05, 4.69) is 23.2 Å². The van der Waals surface area contributed by atoms with E-state index in [-0.39, 0.29) is 12.5 Å². The van der Waals surface area contributed by atoms with Gasteiger partial charge >= 0.3 is 0 Å². The second kappa shape index (κ2) is 8.70. The number of hydrogen-bond acceptors (Lipinski definition) is 3. The number of rotatable bonds is 8. The normalized spacial score (nSPS) is 13.1. The number of aromatic nitrogens is 1. The van der Waals surface area contributed by atoms with Gasteiger partial charge < -0.3 is 9.64 Å². The van der Waals surface area contributed by atoms with Crippen LogP contribution in [0.25, 0.3) is 0 Å². The molecule has 4 rings (SSSR count). The molecule has 28 heavy (non-hydrogen) atoms. The molecule has 1 aliphatic rings. The minimum absolute atomic E-state index is 0.0286. The van der Waals surface area contributed by atoms with Crippen LogP contribution in [0.15, 0.2) is 79.1 Å². The molecule has 1 heterocycles. The minimum Gasteiger partial charge on any atom is -0.483 e. The van der Waals surface area contributed by atoms with Crippen LogP contribution < -0.4 is 4.74 Å². The summed E-state index contributed by atoms with van der Waals surface area (Å²) in [7, 11) is 0. The van der Waals surface area contributed by atoms with Crippen LogP contribution in [-0.2, 0) is 17.8 Å². The number of pyridine rings is 1. The fourth-order valence-corrected chi connectivity index (χ4v) is 3.32. The molecule has 0 radical (unpaired) electrons. The molecule has 0 saturated heterocycles. The van der Waals surface area contributed by atoms with Crippen LogP contribution in [0, 0.1) is 0 Å². The van der Waals surface area contributed by atoms with Crippen molar-refractivity contribution in [3.8, 4) is 5.75 Å². The van der Waals surface area contributed by atoms with Gasteiger partial charge in [-0.1, -0.05) is 54.6 Å². The van der Waals surface area contributed by atoms with E-state index in [0.717, 1.165) is 36.1 Å². The van der Waals surface area contributed by atoms with E-state index in [1.54, 1.807) is 6.20 Å². The van der Waals surface area contributed by atoms with E-state index in [9.17, 15) is 4.79 Å². The van der Waals surface area contributed by atoms with Crippen molar-refractivity contribution < 1.29 is 9.53 Å². The lowest BCUT2D eigenvalue weighted by Gasteiger charge is -2.23. The Hall–Kier alpha value is -3.14. The highest BCUT2D eigenvalue weighted by Gasteiger charge is 2.32. The maximum atomic E-state index is 12.9. The van der Waals surface area contributed by atoms with Gasteiger partial charge in [0.05, 0.1) is 0 Å². The van der Waals surface area contributed by atoms with Crippen LogP contribution >= 0.6 is 0 Å². The average molecular weight is 372 g/mol. The van der Waals surface area contributed by atoms with E-state index in [1.165, 1.54) is 5.56 Å². The van der Waals surface area contributed by atoms with Crippen molar-refractivity contribution >= 4 is 5.91 Å². The molecular weight excluding hydrogens is 348 g/mol. The Balaban J connectivity index is 1.41. The lowest BCUT2D eigenvalue weighted by Crippen LogP contribution is -2.36. The number of hydrogen-bond donors (Lipinski definition) is 0. The Morgan fingerprint density at radius 2 is 1.71 bits per heavy atom. The van der Waals surface area contributed by atoms with Crippen LogP contribution in [0.2, 0.25) is 0 Å². The van der Waals surface area contributed by atoms with Crippen molar-refractivity contribution in [2.45, 2.75) is 31.8 Å². The van der Waals surface area contributed by atoms with Crippen LogP contribution in [-0.4, -0.2) is 28.4 Å². The topological polar surface area (TPSA) is 42.4 Å². The van der Waals surface area contributed by atoms with Crippen LogP contribution in [0.4, 0.5) is 0 Å². The highest BCUT2D eigenvalue weighted by atomic mass is 16.5. The van der Waals surface area contributed by atoms with E-state index in [0.29, 0.717) is 12.6 Å². The van der Waals surface area contributed by atoms with Crippen molar-refractivity contribution in [2.75, 3.05) is 6.61 Å². The zero-order chi connectivity index (χ0) is 19.2. The van der Waals surface area contributed by atoms with Gasteiger partial charge in [-0.15, -0.1) is 0 Å². The molecule has 0 spiro atoms. The third-order valence-corrected chi connectivity index (χ3v) is 4.94. The van der Waals surface area contributed by atoms with Gasteiger partial charge in [0.15, 0.2) is 6.61 Å². The minimum atomic E-state index is 0.0286. The largest absolute Gasteiger partial charge is 0.483 e. The van der Waals surface area contributed by atoms with Gasteiger partial charge in [0.2, 0.25) is 0 Å². The zero-order valence-corrected chi connectivity index (χ0v) is 15.8. The molecule has 4 heteroatoms. The van der Waals surface area contributed by atoms with Crippen LogP contribution in [0.5, 0.6) is 5.75 Å². The van der Waals surface area contributed by atoms with Crippen molar-refractivity contribution in [1.29, 1.82) is 0 Å². The number of carbonyl (C=O) groups excluding carboxylic acids is 1. The quantitative estimate of drug-likeness (QED) is 0.594. The highest BCUT2D eigenvalue weighted by molar-refractivity contribution is 5.78. The first-order valence-electron chi connectivity index (χ1n) is 9.72. The molecule has 0 atom stereocenters. The third-order valence-electron chi connectivity index (χ3n) is 4.94. The zero-order valence-electron chi connectivity index (χ0n) is 15.8. The summed E-state index contributed by atoms with van der Waals surface area (Å²) >= 11 is 0. The van der Waals surface area contributed by atoms with E-state index in [1.807, 2.05) is 59.6 Å². The second-order valence-electron chi connectivity index (χ2n) is 7.17. The summed E-state index contributed by atoms with van der Waals surface area (Å²) in [6.07, 6.45) is 6.48. The molecule has 4 nitrogen and oxygen atoms in total. The van der Waals surface area contributed by atoms with Crippen LogP contribution in [0.1, 0.15) is 29.5 Å². The predicted molar refractivity (Wildman–Crippen MR) is 109 cm³/mol. The maximum Gasteiger partial charge on any atom is 0.261 e. The van der Waals surface area contributed by atoms with Gasteiger partial charge in [-0.2, -0.15) is 0 Å². The lowest BCUT2D eigenvalue weighted by molar-refractivity contribution is -0.134. The summed E-state index contributed by atoms with van der Waals surface area (Å²) in [5, 5.41) is 0. The van der Waals surface area contributed by atoms with Gasteiger partial charge in [0.1, 0.15) is 5.75 Å². The second-order valence-corrected chi connectivity index (χ2v) is 7.17. The molecule has 1 saturated carbocycles. The van der Waals surface area contributed by atoms with Crippen LogP contribution in [0.3, 0.4) is 0 Å². The number of benzene rings is 2. The SMILES string of the molecule is O=C(COc1ccccc1Cc1ccccc1)N(Cc1cccnc1)C1CC1. The van der Waals surface area contributed by atoms with Crippen molar-refractivity contribution in [3.05, 3.63) is 95.8 Å². The molecule has 1 fully saturated rings. The lowest BCUT2D eigenvalue weighted by atomic mass is 10.0. The summed E-state index contributed by atoms with van der Waals surface area (Å²) < 4.78 is 5.96. The van der Waals surface area contributed by atoms with Gasteiger partial charge in [-0.25, -0.2) is 0 Å². The van der Waals surface area contributed by atoms with Gasteiger partial charge in [-0.05, 0) is 41.7 Å². The highest BCUT2D eigenvalue weighted by Crippen LogP contribution is 2.29. The fourth-order valence-electron chi connectivity index (χ4n) is 3.32. The molecule has 0 aliphatic heterocycles. The molecule has 142 valence electrons. The number of nitrogens with zero attached hydrogens (tertiary/aromatic N) is 2. The summed E-state index contributed by atoms with van der Waals surface area (Å²) in [6, 6.07) is 22.5. The summed E-state index contributed by atoms with van der Waals surface area (Å²) in [5.74, 6) is 0.803. The van der Waals surface area contributed by atoms with E-state index >= 15 is 0 Å². The van der Waals surface area contributed by atoms with Crippen molar-refractivity contribution in [1.82, 2.24) is 9.88 Å². The Morgan fingerprint density at radius 1 is 0.964 bits per heavy atom. The number of amides is 1. The summed E-state index contributed by atoms with van der Waals surface area (Å²) in [6.45, 7) is 0.648. The third kappa shape index (κ3) is 4.77. The fraction of sp³-hybridized carbons (Fsp3) is 0.250. The molecular formula is C24H24N2O2. The summed E-state index contributed by atoms with van der Waals surface area (Å²) in [4.78, 5) is 18.9. The number of carbonyl (C=O) groups is 1. The molecule has 1 aromatic heterocycles. The predicted octanol–water partition coefficient (Wildman–Crippen LogP) is 4.24. The van der Waals surface area contributed by atoms with E-state index < -0.39 is 0 Å². The average Bonchev–Trinajstić information content (AvgIpc) is 3.58. The Morgan fingerprint density at radius 3 is 2.46 bits per heavy atom. The molecule has 0 N–H and O–H groups in total. The van der Waals surface area contributed by atoms with Crippen molar-refractivity contribution in [3.63, 3.8) is 0 Å². The number of ether oxygens (including phenoxy) is 1. The molecule has 3 aromatic rings. The standard InChI is InChI=1S/C24H24N2O2/c27-24(26(22-12-13-22)17-20-9-6-14-25-16-20)18-28-23-11-5-4-10-21(23)15-19-7-2-1-3-8-19/h1-11,14,16,22H,12-13,15,17-18H2. The first kappa shape index (κ1) is 18.2. The Bertz CT molecular complexity index is 908. The van der Waals surface area contributed by atoms with Gasteiger partial charge in [0, 0.05) is 31.4 Å². The summed E-state index contributed by atoms with van der Waals surface area (Å²) in [5.41, 5.74) is 3.36. The van der Waals surface area contributed by atoms with Crippen molar-refractivity contribution in [2.24, 2.45) is 0 Å². The van der Waals surface area contributed by atoms with Gasteiger partial charge in [0.25, 0.3) is 5.91 Å². The number of para-hydroxylation sites is 1. The molecule has 0 bridgehead atoms. The monoisotopic (exact) mass is 372 g/mol. The van der Waals surface area contributed by atoms with Gasteiger partial charge in [-0.3, -0.25) is 9.78 Å². The molecule has 0 unspecified atom stereocenters. The first-order chi connectivity index (χ1) is 13.8. The molecule has 1 aliphatic carbocycles. The van der Waals surface area contributed by atoms with E-state index in [4.69, 9.17) is 4.74 Å². The Kier molecular flexibility index (Phi) is 5.66. The smallest absolute Gasteiger partial charge is 0.261 e. The maximum absolute atomic E-state index is 12.9. The molecule has 2 aromatic carbocycles. The molecule has 1 amide bonds. The first-order valence-corrected chi connectivity index (χ1v) is 9.72. The Labute approximate surface area is 165 Å².